The fourth-order valence-electron chi connectivity index (χ4n) is 1.35. The molecule has 94 valence electrons. The number of carbonyl (C=O) groups excluding carboxylic acids is 1. The van der Waals surface area contributed by atoms with Gasteiger partial charge in [0, 0.05) is 9.26 Å². The fourth-order valence-corrected chi connectivity index (χ4v) is 1.84. The van der Waals surface area contributed by atoms with E-state index in [9.17, 15) is 4.79 Å². The van der Waals surface area contributed by atoms with Crippen molar-refractivity contribution in [1.29, 1.82) is 0 Å². The zero-order valence-corrected chi connectivity index (χ0v) is 12.8. The van der Waals surface area contributed by atoms with Gasteiger partial charge in [-0.15, -0.1) is 0 Å². The van der Waals surface area contributed by atoms with Crippen molar-refractivity contribution in [3.05, 3.63) is 27.3 Å². The average molecular weight is 346 g/mol. The molecule has 17 heavy (non-hydrogen) atoms. The first-order valence-electron chi connectivity index (χ1n) is 5.55. The average Bonchev–Trinajstić information content (AvgIpc) is 2.22. The topological polar surface area (TPSA) is 55.1 Å². The highest BCUT2D eigenvalue weighted by molar-refractivity contribution is 14.1. The molecular formula is C13H19IN2O. The van der Waals surface area contributed by atoms with Crippen LogP contribution in [0.3, 0.4) is 0 Å². The van der Waals surface area contributed by atoms with Crippen molar-refractivity contribution < 1.29 is 4.79 Å². The molecule has 0 spiro atoms. The van der Waals surface area contributed by atoms with Crippen LogP contribution in [0.4, 0.5) is 5.69 Å². The monoisotopic (exact) mass is 346 g/mol. The second kappa shape index (κ2) is 5.35. The molecule has 1 rings (SSSR count). The summed E-state index contributed by atoms with van der Waals surface area (Å²) in [7, 11) is 0. The smallest absolute Gasteiger partial charge is 0.241 e. The van der Waals surface area contributed by atoms with Crippen LogP contribution >= 0.6 is 22.6 Å². The minimum Gasteiger partial charge on any atom is -0.324 e. The molecule has 0 radical (unpaired) electrons. The van der Waals surface area contributed by atoms with Crippen LogP contribution in [-0.2, 0) is 4.79 Å². The third kappa shape index (κ3) is 3.67. The summed E-state index contributed by atoms with van der Waals surface area (Å²) in [5.41, 5.74) is 7.59. The number of nitrogens with one attached hydrogen (secondary N) is 1. The molecule has 0 aliphatic carbocycles. The summed E-state index contributed by atoms with van der Waals surface area (Å²) >= 11 is 2.25. The van der Waals surface area contributed by atoms with Gasteiger partial charge in [-0.2, -0.15) is 0 Å². The first kappa shape index (κ1) is 14.4. The maximum Gasteiger partial charge on any atom is 0.241 e. The molecule has 0 aromatic heterocycles. The van der Waals surface area contributed by atoms with Crippen LogP contribution in [0.25, 0.3) is 0 Å². The van der Waals surface area contributed by atoms with Gasteiger partial charge in [0.15, 0.2) is 0 Å². The molecule has 0 bridgehead atoms. The standard InChI is InChI=1S/C13H19IN2O/c1-8-9(14)6-5-7-10(8)16-12(17)11(15)13(2,3)4/h5-7,11H,15H2,1-4H3,(H,16,17)/t11-/m1/s1. The Hall–Kier alpha value is -0.620. The highest BCUT2D eigenvalue weighted by atomic mass is 127. The Morgan fingerprint density at radius 2 is 2.00 bits per heavy atom. The van der Waals surface area contributed by atoms with Crippen molar-refractivity contribution in [3.63, 3.8) is 0 Å². The van der Waals surface area contributed by atoms with Gasteiger partial charge < -0.3 is 11.1 Å². The maximum atomic E-state index is 12.0. The lowest BCUT2D eigenvalue weighted by Crippen LogP contribution is -2.45. The molecule has 0 saturated heterocycles. The van der Waals surface area contributed by atoms with E-state index < -0.39 is 6.04 Å². The first-order chi connectivity index (χ1) is 7.73. The summed E-state index contributed by atoms with van der Waals surface area (Å²) < 4.78 is 1.13. The summed E-state index contributed by atoms with van der Waals surface area (Å²) in [4.78, 5) is 12.0. The van der Waals surface area contributed by atoms with Crippen LogP contribution in [0.15, 0.2) is 18.2 Å². The van der Waals surface area contributed by atoms with Crippen LogP contribution in [0, 0.1) is 15.9 Å². The number of amides is 1. The van der Waals surface area contributed by atoms with Gasteiger partial charge in [0.2, 0.25) is 5.91 Å². The molecule has 3 nitrogen and oxygen atoms in total. The Morgan fingerprint density at radius 1 is 1.41 bits per heavy atom. The zero-order valence-electron chi connectivity index (χ0n) is 10.7. The number of nitrogens with two attached hydrogens (primary N) is 1. The molecule has 0 heterocycles. The van der Waals surface area contributed by atoms with Crippen molar-refractivity contribution in [2.45, 2.75) is 33.7 Å². The molecule has 1 atom stereocenters. The molecular weight excluding hydrogens is 327 g/mol. The van der Waals surface area contributed by atoms with E-state index in [1.165, 1.54) is 0 Å². The number of halogens is 1. The quantitative estimate of drug-likeness (QED) is 0.809. The lowest BCUT2D eigenvalue weighted by molar-refractivity contribution is -0.119. The van der Waals surface area contributed by atoms with Gasteiger partial charge in [0.25, 0.3) is 0 Å². The number of benzene rings is 1. The summed E-state index contributed by atoms with van der Waals surface area (Å²) in [5.74, 6) is -0.136. The van der Waals surface area contributed by atoms with Crippen LogP contribution in [-0.4, -0.2) is 11.9 Å². The number of carbonyl (C=O) groups is 1. The lowest BCUT2D eigenvalue weighted by atomic mass is 9.87. The first-order valence-corrected chi connectivity index (χ1v) is 6.63. The minimum atomic E-state index is -0.514. The highest BCUT2D eigenvalue weighted by Crippen LogP contribution is 2.22. The molecule has 0 fully saturated rings. The molecule has 0 aliphatic rings. The van der Waals surface area contributed by atoms with Crippen molar-refractivity contribution in [2.24, 2.45) is 11.1 Å². The van der Waals surface area contributed by atoms with Crippen molar-refractivity contribution >= 4 is 34.2 Å². The van der Waals surface area contributed by atoms with Crippen LogP contribution in [0.5, 0.6) is 0 Å². The van der Waals surface area contributed by atoms with Gasteiger partial charge in [0.1, 0.15) is 0 Å². The largest absolute Gasteiger partial charge is 0.324 e. The Kier molecular flexibility index (Phi) is 4.55. The van der Waals surface area contributed by atoms with Gasteiger partial charge >= 0.3 is 0 Å². The summed E-state index contributed by atoms with van der Waals surface area (Å²) in [5, 5.41) is 2.89. The highest BCUT2D eigenvalue weighted by Gasteiger charge is 2.27. The predicted octanol–water partition coefficient (Wildman–Crippen LogP) is 2.91. The van der Waals surface area contributed by atoms with Gasteiger partial charge in [-0.25, -0.2) is 0 Å². The number of hydrogen-bond acceptors (Lipinski definition) is 2. The van der Waals surface area contributed by atoms with E-state index in [4.69, 9.17) is 5.73 Å². The second-order valence-corrected chi connectivity index (χ2v) is 6.41. The molecule has 4 heteroatoms. The van der Waals surface area contributed by atoms with Crippen LogP contribution in [0.1, 0.15) is 26.3 Å². The molecule has 1 aromatic carbocycles. The van der Waals surface area contributed by atoms with Crippen molar-refractivity contribution in [2.75, 3.05) is 5.32 Å². The SMILES string of the molecule is Cc1c(I)cccc1NC(=O)[C@@H](N)C(C)(C)C. The van der Waals surface area contributed by atoms with Crippen LogP contribution < -0.4 is 11.1 Å². The number of rotatable bonds is 2. The van der Waals surface area contributed by atoms with E-state index >= 15 is 0 Å². The van der Waals surface area contributed by atoms with Crippen molar-refractivity contribution in [1.82, 2.24) is 0 Å². The molecule has 0 unspecified atom stereocenters. The van der Waals surface area contributed by atoms with Gasteiger partial charge in [-0.05, 0) is 52.6 Å². The molecule has 3 N–H and O–H groups in total. The zero-order chi connectivity index (χ0) is 13.2. The summed E-state index contributed by atoms with van der Waals surface area (Å²) in [6.07, 6.45) is 0. The van der Waals surface area contributed by atoms with E-state index in [1.54, 1.807) is 0 Å². The van der Waals surface area contributed by atoms with Gasteiger partial charge in [-0.3, -0.25) is 4.79 Å². The minimum absolute atomic E-state index is 0.136. The van der Waals surface area contributed by atoms with E-state index in [2.05, 4.69) is 27.9 Å². The summed E-state index contributed by atoms with van der Waals surface area (Å²) in [6, 6.07) is 5.31. The fraction of sp³-hybridized carbons (Fsp3) is 0.462. The number of hydrogen-bond donors (Lipinski definition) is 2. The van der Waals surface area contributed by atoms with Crippen molar-refractivity contribution in [3.8, 4) is 0 Å². The van der Waals surface area contributed by atoms with Gasteiger partial charge in [-0.1, -0.05) is 26.8 Å². The Bertz CT molecular complexity index is 424. The number of anilines is 1. The third-order valence-corrected chi connectivity index (χ3v) is 3.91. The van der Waals surface area contributed by atoms with E-state index in [1.807, 2.05) is 45.9 Å². The summed E-state index contributed by atoms with van der Waals surface area (Å²) in [6.45, 7) is 7.86. The third-order valence-electron chi connectivity index (χ3n) is 2.74. The molecule has 0 saturated carbocycles. The maximum absolute atomic E-state index is 12.0. The Balaban J connectivity index is 2.86. The lowest BCUT2D eigenvalue weighted by Gasteiger charge is -2.26. The molecule has 0 aliphatic heterocycles. The predicted molar refractivity (Wildman–Crippen MR) is 80.0 cm³/mol. The second-order valence-electron chi connectivity index (χ2n) is 5.25. The van der Waals surface area contributed by atoms with E-state index in [0.29, 0.717) is 0 Å². The normalized spacial score (nSPS) is 13.3. The molecule has 1 aromatic rings. The Morgan fingerprint density at radius 3 is 2.53 bits per heavy atom. The van der Waals surface area contributed by atoms with E-state index in [-0.39, 0.29) is 11.3 Å². The Labute approximate surface area is 116 Å². The van der Waals surface area contributed by atoms with E-state index in [0.717, 1.165) is 14.8 Å². The van der Waals surface area contributed by atoms with Gasteiger partial charge in [0.05, 0.1) is 6.04 Å². The van der Waals surface area contributed by atoms with Crippen LogP contribution in [0.2, 0.25) is 0 Å². The molecule has 1 amide bonds.